The van der Waals surface area contributed by atoms with E-state index in [1.807, 2.05) is 12.1 Å². The molecule has 0 saturated heterocycles. The number of halogens is 1. The van der Waals surface area contributed by atoms with Gasteiger partial charge in [0.15, 0.2) is 0 Å². The molecule has 162 valence electrons. The number of hydrogen-bond acceptors (Lipinski definition) is 7. The van der Waals surface area contributed by atoms with Crippen LogP contribution in [0.3, 0.4) is 0 Å². The molecule has 9 nitrogen and oxygen atoms in total. The molecule has 1 aliphatic heterocycles. The lowest BCUT2D eigenvalue weighted by Gasteiger charge is -2.15. The van der Waals surface area contributed by atoms with Crippen molar-refractivity contribution in [2.24, 2.45) is 5.73 Å². The summed E-state index contributed by atoms with van der Waals surface area (Å²) in [5, 5.41) is 8.33. The van der Waals surface area contributed by atoms with Gasteiger partial charge in [-0.1, -0.05) is 18.2 Å². The maximum absolute atomic E-state index is 13.6. The number of rotatable bonds is 5. The number of primary amides is 1. The second-order valence-electron chi connectivity index (χ2n) is 7.36. The number of hydroxylamine groups is 1. The van der Waals surface area contributed by atoms with Crippen LogP contribution in [0, 0.1) is 5.82 Å². The summed E-state index contributed by atoms with van der Waals surface area (Å²) in [6.45, 7) is 1.25. The van der Waals surface area contributed by atoms with Gasteiger partial charge < -0.3 is 15.9 Å². The fraction of sp³-hybridized carbons (Fsp3) is 0.182. The number of anilines is 1. The average molecular weight is 433 g/mol. The van der Waals surface area contributed by atoms with Gasteiger partial charge in [-0.05, 0) is 29.8 Å². The largest absolute Gasteiger partial charge is 0.366 e. The lowest BCUT2D eigenvalue weighted by atomic mass is 10.1. The van der Waals surface area contributed by atoms with Gasteiger partial charge in [-0.15, -0.1) is 0 Å². The van der Waals surface area contributed by atoms with Crippen molar-refractivity contribution in [3.8, 4) is 5.95 Å². The molecule has 0 fully saturated rings. The molecular weight excluding hydrogens is 413 g/mol. The lowest BCUT2D eigenvalue weighted by Crippen LogP contribution is -2.16. The van der Waals surface area contributed by atoms with E-state index in [9.17, 15) is 9.18 Å². The quantitative estimate of drug-likeness (QED) is 0.441. The monoisotopic (exact) mass is 433 g/mol. The summed E-state index contributed by atoms with van der Waals surface area (Å²) in [4.78, 5) is 26.6. The molecule has 10 heteroatoms. The number of nitrogens with two attached hydrogens (primary N) is 1. The molecule has 0 atom stereocenters. The summed E-state index contributed by atoms with van der Waals surface area (Å²) < 4.78 is 15.2. The molecule has 0 aliphatic carbocycles. The van der Waals surface area contributed by atoms with Crippen molar-refractivity contribution < 1.29 is 14.0 Å². The second-order valence-corrected chi connectivity index (χ2v) is 7.36. The maximum atomic E-state index is 13.6. The Morgan fingerprint density at radius 2 is 2.12 bits per heavy atom. The minimum absolute atomic E-state index is 0.294. The third kappa shape index (κ3) is 3.77. The van der Waals surface area contributed by atoms with Gasteiger partial charge in [0, 0.05) is 23.9 Å². The van der Waals surface area contributed by atoms with Gasteiger partial charge in [-0.25, -0.2) is 9.37 Å². The van der Waals surface area contributed by atoms with Crippen LogP contribution < -0.4 is 16.5 Å². The van der Waals surface area contributed by atoms with Gasteiger partial charge in [0.2, 0.25) is 5.91 Å². The van der Waals surface area contributed by atoms with Crippen LogP contribution in [-0.4, -0.2) is 32.3 Å². The van der Waals surface area contributed by atoms with E-state index in [1.165, 1.54) is 12.1 Å². The van der Waals surface area contributed by atoms with Crippen molar-refractivity contribution in [3.63, 3.8) is 0 Å². The van der Waals surface area contributed by atoms with Gasteiger partial charge in [0.25, 0.3) is 5.95 Å². The first kappa shape index (κ1) is 20.0. The van der Waals surface area contributed by atoms with Crippen molar-refractivity contribution in [1.29, 1.82) is 0 Å². The molecule has 4 aromatic rings. The number of fused-ring (bicyclic) bond motifs is 2. The van der Waals surface area contributed by atoms with Gasteiger partial charge in [0.05, 0.1) is 36.1 Å². The summed E-state index contributed by atoms with van der Waals surface area (Å²) in [7, 11) is 0. The fourth-order valence-electron chi connectivity index (χ4n) is 3.77. The van der Waals surface area contributed by atoms with E-state index in [0.717, 1.165) is 16.8 Å². The number of carbonyl (C=O) groups excluding carboxylic acids is 1. The Balaban J connectivity index is 1.58. The van der Waals surface area contributed by atoms with Crippen LogP contribution in [-0.2, 0) is 24.3 Å². The molecular formula is C22H20FN7O2. The molecule has 32 heavy (non-hydrogen) atoms. The summed E-state index contributed by atoms with van der Waals surface area (Å²) in [5.41, 5.74) is 11.9. The Hall–Kier alpha value is -3.89. The Morgan fingerprint density at radius 1 is 1.25 bits per heavy atom. The highest BCUT2D eigenvalue weighted by atomic mass is 19.1. The smallest absolute Gasteiger partial charge is 0.253 e. The normalized spacial score (nSPS) is 13.5. The highest BCUT2D eigenvalue weighted by molar-refractivity contribution is 6.05. The molecule has 5 rings (SSSR count). The molecule has 0 bridgehead atoms. The summed E-state index contributed by atoms with van der Waals surface area (Å²) in [6, 6.07) is 11.6. The topological polar surface area (TPSA) is 120 Å². The SMILES string of the molecule is NC(=O)c1cccc2c1cnn2-c1nc2c(c(NCc3cccc(F)c3)n1)CCONC2. The van der Waals surface area contributed by atoms with Crippen molar-refractivity contribution in [1.82, 2.24) is 25.2 Å². The zero-order valence-corrected chi connectivity index (χ0v) is 17.0. The summed E-state index contributed by atoms with van der Waals surface area (Å²) in [6.07, 6.45) is 2.19. The fourth-order valence-corrected chi connectivity index (χ4v) is 3.77. The number of carbonyl (C=O) groups is 1. The molecule has 2 aromatic carbocycles. The van der Waals surface area contributed by atoms with E-state index in [0.29, 0.717) is 54.3 Å². The van der Waals surface area contributed by atoms with Crippen LogP contribution >= 0.6 is 0 Å². The molecule has 0 saturated carbocycles. The Labute approximate surface area is 182 Å². The average Bonchev–Trinajstić information content (AvgIpc) is 3.08. The van der Waals surface area contributed by atoms with E-state index in [4.69, 9.17) is 20.5 Å². The van der Waals surface area contributed by atoms with E-state index >= 15 is 0 Å². The predicted molar refractivity (Wildman–Crippen MR) is 115 cm³/mol. The minimum atomic E-state index is -0.531. The van der Waals surface area contributed by atoms with E-state index in [-0.39, 0.29) is 5.82 Å². The van der Waals surface area contributed by atoms with Gasteiger partial charge in [0.1, 0.15) is 11.6 Å². The first-order valence-corrected chi connectivity index (χ1v) is 10.1. The Morgan fingerprint density at radius 3 is 2.97 bits per heavy atom. The van der Waals surface area contributed by atoms with Gasteiger partial charge in [-0.3, -0.25) is 4.79 Å². The van der Waals surface area contributed by atoms with Crippen LogP contribution in [0.1, 0.15) is 27.2 Å². The van der Waals surface area contributed by atoms with Crippen LogP contribution in [0.4, 0.5) is 10.2 Å². The number of amides is 1. The van der Waals surface area contributed by atoms with Crippen LogP contribution in [0.25, 0.3) is 16.9 Å². The summed E-state index contributed by atoms with van der Waals surface area (Å²) >= 11 is 0. The number of nitrogens with one attached hydrogen (secondary N) is 2. The number of benzene rings is 2. The van der Waals surface area contributed by atoms with E-state index in [1.54, 1.807) is 29.1 Å². The Kier molecular flexibility index (Phi) is 5.21. The molecule has 1 aliphatic rings. The first-order chi connectivity index (χ1) is 15.6. The highest BCUT2D eigenvalue weighted by Crippen LogP contribution is 2.25. The molecule has 0 spiro atoms. The number of aromatic nitrogens is 4. The van der Waals surface area contributed by atoms with E-state index in [2.05, 4.69) is 15.9 Å². The summed E-state index contributed by atoms with van der Waals surface area (Å²) in [5.74, 6) is 0.135. The van der Waals surface area contributed by atoms with Crippen LogP contribution in [0.2, 0.25) is 0 Å². The van der Waals surface area contributed by atoms with Gasteiger partial charge >= 0.3 is 0 Å². The first-order valence-electron chi connectivity index (χ1n) is 10.1. The molecule has 4 N–H and O–H groups in total. The second kappa shape index (κ2) is 8.33. The van der Waals surface area contributed by atoms with Crippen molar-refractivity contribution >= 4 is 22.6 Å². The zero-order chi connectivity index (χ0) is 22.1. The third-order valence-corrected chi connectivity index (χ3v) is 5.29. The van der Waals surface area contributed by atoms with Crippen molar-refractivity contribution in [2.75, 3.05) is 11.9 Å². The standard InChI is InChI=1S/C22H20FN7O2/c23-14-4-1-3-13(9-14)10-25-21-16-7-8-32-27-12-18(16)28-22(29-21)30-19-6-2-5-15(20(24)31)17(19)11-26-30/h1-6,9,11,27H,7-8,10,12H2,(H2,24,31)(H,25,28,29). The Bertz CT molecular complexity index is 1320. The van der Waals surface area contributed by atoms with Gasteiger partial charge in [-0.2, -0.15) is 20.2 Å². The minimum Gasteiger partial charge on any atom is -0.366 e. The number of nitrogens with zero attached hydrogens (tertiary/aromatic N) is 4. The van der Waals surface area contributed by atoms with E-state index < -0.39 is 5.91 Å². The van der Waals surface area contributed by atoms with Crippen LogP contribution in [0.5, 0.6) is 0 Å². The molecule has 0 radical (unpaired) electrons. The lowest BCUT2D eigenvalue weighted by molar-refractivity contribution is 0.0440. The predicted octanol–water partition coefficient (Wildman–Crippen LogP) is 2.24. The molecule has 1 amide bonds. The molecule has 0 unspecified atom stereocenters. The van der Waals surface area contributed by atoms with Crippen LogP contribution in [0.15, 0.2) is 48.7 Å². The highest BCUT2D eigenvalue weighted by Gasteiger charge is 2.20. The number of hydrogen-bond donors (Lipinski definition) is 3. The molecule has 3 heterocycles. The molecule has 2 aromatic heterocycles. The third-order valence-electron chi connectivity index (χ3n) is 5.29. The van der Waals surface area contributed by atoms with Crippen molar-refractivity contribution in [3.05, 3.63) is 76.9 Å². The maximum Gasteiger partial charge on any atom is 0.253 e. The zero-order valence-electron chi connectivity index (χ0n) is 17.0. The van der Waals surface area contributed by atoms with Crippen molar-refractivity contribution in [2.45, 2.75) is 19.5 Å².